The van der Waals surface area contributed by atoms with Crippen molar-refractivity contribution in [2.75, 3.05) is 0 Å². The molecule has 0 saturated carbocycles. The number of fused-ring (bicyclic) bond motifs is 6. The molecule has 0 fully saturated rings. The largest absolute Gasteiger partial charge is 0.308 e. The first-order valence-corrected chi connectivity index (χ1v) is 15.7. The molecule has 0 bridgehead atoms. The molecule has 0 spiro atoms. The predicted molar refractivity (Wildman–Crippen MR) is 188 cm³/mol. The molecular weight excluding hydrogens is 553 g/mol. The summed E-state index contributed by atoms with van der Waals surface area (Å²) in [4.78, 5) is 4.63. The fourth-order valence-corrected chi connectivity index (χ4v) is 7.77. The first kappa shape index (κ1) is 25.0. The Balaban J connectivity index is 1.31. The molecule has 0 saturated heterocycles. The van der Waals surface area contributed by atoms with Crippen LogP contribution in [0, 0.1) is 0 Å². The minimum atomic E-state index is 1.11. The average molecular weight is 579 g/mol. The molecule has 0 radical (unpaired) electrons. The van der Waals surface area contributed by atoms with Gasteiger partial charge in [0.15, 0.2) is 0 Å². The lowest BCUT2D eigenvalue weighted by Crippen LogP contribution is -1.94. The van der Waals surface area contributed by atoms with Crippen LogP contribution in [0.1, 0.15) is 0 Å². The Kier molecular flexibility index (Phi) is 5.71. The van der Waals surface area contributed by atoms with Crippen LogP contribution in [-0.4, -0.2) is 9.55 Å². The highest BCUT2D eigenvalue weighted by molar-refractivity contribution is 7.26. The van der Waals surface area contributed by atoms with Gasteiger partial charge in [0, 0.05) is 49.8 Å². The Hall–Kier alpha value is -5.51. The van der Waals surface area contributed by atoms with Crippen molar-refractivity contribution in [1.29, 1.82) is 0 Å². The summed E-state index contributed by atoms with van der Waals surface area (Å²) < 4.78 is 5.09. The Morgan fingerprint density at radius 2 is 1.07 bits per heavy atom. The normalized spacial score (nSPS) is 11.6. The summed E-state index contributed by atoms with van der Waals surface area (Å²) in [5.74, 6) is 0. The molecule has 0 aliphatic carbocycles. The molecule has 0 unspecified atom stereocenters. The van der Waals surface area contributed by atoms with E-state index in [9.17, 15) is 0 Å². The zero-order valence-electron chi connectivity index (χ0n) is 23.8. The molecule has 0 N–H and O–H groups in total. The maximum atomic E-state index is 4.63. The van der Waals surface area contributed by atoms with Crippen molar-refractivity contribution in [3.8, 4) is 39.1 Å². The smallest absolute Gasteiger partial charge is 0.0640 e. The van der Waals surface area contributed by atoms with Gasteiger partial charge in [-0.3, -0.25) is 4.98 Å². The quantitative estimate of drug-likeness (QED) is 0.203. The van der Waals surface area contributed by atoms with E-state index >= 15 is 0 Å². The topological polar surface area (TPSA) is 17.8 Å². The van der Waals surface area contributed by atoms with E-state index in [2.05, 4.69) is 149 Å². The van der Waals surface area contributed by atoms with Gasteiger partial charge in [0.25, 0.3) is 0 Å². The Labute approximate surface area is 259 Å². The van der Waals surface area contributed by atoms with Gasteiger partial charge in [0.1, 0.15) is 0 Å². The third kappa shape index (κ3) is 3.98. The Morgan fingerprint density at radius 1 is 0.409 bits per heavy atom. The van der Waals surface area contributed by atoms with Crippen LogP contribution in [0.15, 0.2) is 158 Å². The summed E-state index contributed by atoms with van der Waals surface area (Å²) in [6, 6.07) is 52.6. The lowest BCUT2D eigenvalue weighted by Gasteiger charge is -2.11. The van der Waals surface area contributed by atoms with Crippen molar-refractivity contribution < 1.29 is 0 Å². The first-order chi connectivity index (χ1) is 21.8. The third-order valence-corrected chi connectivity index (χ3v) is 9.89. The molecule has 3 heterocycles. The van der Waals surface area contributed by atoms with Crippen molar-refractivity contribution >= 4 is 53.3 Å². The standard InChI is InChI=1S/C41H26N2S/c1-3-10-27(11-4-1)30-18-20-33-36-23-29(32-22-31(25-42-26-32)28-12-5-2-6-13-28)19-21-37(36)43(39(33)24-30)38-16-9-15-35-34-14-7-8-17-40(34)44-41(35)38/h1-26H. The van der Waals surface area contributed by atoms with Crippen molar-refractivity contribution in [3.63, 3.8) is 0 Å². The Bertz CT molecular complexity index is 2490. The van der Waals surface area contributed by atoms with Crippen LogP contribution in [0.2, 0.25) is 0 Å². The van der Waals surface area contributed by atoms with E-state index in [-0.39, 0.29) is 0 Å². The maximum absolute atomic E-state index is 4.63. The number of hydrogen-bond acceptors (Lipinski definition) is 2. The van der Waals surface area contributed by atoms with Crippen molar-refractivity contribution in [2.24, 2.45) is 0 Å². The van der Waals surface area contributed by atoms with Crippen LogP contribution in [0.5, 0.6) is 0 Å². The molecule has 44 heavy (non-hydrogen) atoms. The fourth-order valence-electron chi connectivity index (χ4n) is 6.56. The predicted octanol–water partition coefficient (Wildman–Crippen LogP) is 11.5. The number of nitrogens with zero attached hydrogens (tertiary/aromatic N) is 2. The zero-order chi connectivity index (χ0) is 29.0. The lowest BCUT2D eigenvalue weighted by molar-refractivity contribution is 1.20. The molecule has 206 valence electrons. The molecule has 0 aliphatic rings. The van der Waals surface area contributed by atoms with Crippen LogP contribution >= 0.6 is 11.3 Å². The van der Waals surface area contributed by atoms with Crippen LogP contribution in [0.25, 0.3) is 81.0 Å². The number of pyridine rings is 1. The summed E-state index contributed by atoms with van der Waals surface area (Å²) in [7, 11) is 0. The molecule has 2 nitrogen and oxygen atoms in total. The van der Waals surface area contributed by atoms with Gasteiger partial charge in [0.2, 0.25) is 0 Å². The third-order valence-electron chi connectivity index (χ3n) is 8.68. The highest BCUT2D eigenvalue weighted by Gasteiger charge is 2.18. The van der Waals surface area contributed by atoms with Crippen LogP contribution in [0.3, 0.4) is 0 Å². The van der Waals surface area contributed by atoms with Gasteiger partial charge < -0.3 is 4.57 Å². The van der Waals surface area contributed by atoms with Crippen molar-refractivity contribution in [3.05, 3.63) is 158 Å². The number of thiophene rings is 1. The molecule has 0 amide bonds. The molecule has 0 aliphatic heterocycles. The van der Waals surface area contributed by atoms with E-state index in [4.69, 9.17) is 0 Å². The van der Waals surface area contributed by atoms with Crippen molar-refractivity contribution in [2.45, 2.75) is 0 Å². The van der Waals surface area contributed by atoms with E-state index in [1.165, 1.54) is 64.4 Å². The van der Waals surface area contributed by atoms with Crippen LogP contribution in [-0.2, 0) is 0 Å². The van der Waals surface area contributed by atoms with Gasteiger partial charge in [-0.2, -0.15) is 0 Å². The molecule has 9 rings (SSSR count). The van der Waals surface area contributed by atoms with E-state index in [1.54, 1.807) is 0 Å². The highest BCUT2D eigenvalue weighted by Crippen LogP contribution is 2.42. The lowest BCUT2D eigenvalue weighted by atomic mass is 10.00. The molecular formula is C41H26N2S. The Morgan fingerprint density at radius 3 is 1.89 bits per heavy atom. The van der Waals surface area contributed by atoms with Gasteiger partial charge in [0.05, 0.1) is 21.4 Å². The van der Waals surface area contributed by atoms with Crippen LogP contribution < -0.4 is 0 Å². The second-order valence-corrected chi connectivity index (χ2v) is 12.3. The van der Waals surface area contributed by atoms with E-state index in [0.29, 0.717) is 0 Å². The van der Waals surface area contributed by atoms with Gasteiger partial charge in [-0.05, 0) is 58.7 Å². The molecule has 9 aromatic rings. The van der Waals surface area contributed by atoms with Gasteiger partial charge in [-0.15, -0.1) is 11.3 Å². The van der Waals surface area contributed by atoms with Crippen molar-refractivity contribution in [1.82, 2.24) is 9.55 Å². The zero-order valence-corrected chi connectivity index (χ0v) is 24.6. The SMILES string of the molecule is c1ccc(-c2cncc(-c3ccc4c(c3)c3ccc(-c5ccccc5)cc3n4-c3cccc4c3sc3ccccc34)c2)cc1. The molecule has 6 aromatic carbocycles. The average Bonchev–Trinajstić information content (AvgIpc) is 3.64. The second-order valence-electron chi connectivity index (χ2n) is 11.2. The summed E-state index contributed by atoms with van der Waals surface area (Å²) in [6.07, 6.45) is 3.91. The fraction of sp³-hybridized carbons (Fsp3) is 0. The summed E-state index contributed by atoms with van der Waals surface area (Å²) in [5, 5.41) is 5.10. The maximum Gasteiger partial charge on any atom is 0.0640 e. The summed E-state index contributed by atoms with van der Waals surface area (Å²) in [6.45, 7) is 0. The minimum Gasteiger partial charge on any atom is -0.308 e. The molecule has 3 heteroatoms. The number of benzene rings is 6. The van der Waals surface area contributed by atoms with E-state index in [0.717, 1.165) is 16.7 Å². The second kappa shape index (κ2) is 10.0. The van der Waals surface area contributed by atoms with Gasteiger partial charge in [-0.25, -0.2) is 0 Å². The summed E-state index contributed by atoms with van der Waals surface area (Å²) in [5.41, 5.74) is 10.6. The van der Waals surface area contributed by atoms with E-state index in [1.807, 2.05) is 29.8 Å². The highest BCUT2D eigenvalue weighted by atomic mass is 32.1. The van der Waals surface area contributed by atoms with Crippen LogP contribution in [0.4, 0.5) is 0 Å². The summed E-state index contributed by atoms with van der Waals surface area (Å²) >= 11 is 1.87. The minimum absolute atomic E-state index is 1.11. The van der Waals surface area contributed by atoms with Gasteiger partial charge >= 0.3 is 0 Å². The monoisotopic (exact) mass is 578 g/mol. The first-order valence-electron chi connectivity index (χ1n) is 14.9. The molecule has 0 atom stereocenters. The number of rotatable bonds is 4. The van der Waals surface area contributed by atoms with E-state index < -0.39 is 0 Å². The number of aromatic nitrogens is 2. The van der Waals surface area contributed by atoms with Gasteiger partial charge in [-0.1, -0.05) is 109 Å². The molecule has 3 aromatic heterocycles. The number of hydrogen-bond donors (Lipinski definition) is 0.